The van der Waals surface area contributed by atoms with Crippen molar-refractivity contribution in [1.82, 2.24) is 20.0 Å². The van der Waals surface area contributed by atoms with Gasteiger partial charge in [0.2, 0.25) is 5.91 Å². The minimum absolute atomic E-state index is 0. The second kappa shape index (κ2) is 13.0. The van der Waals surface area contributed by atoms with Crippen LogP contribution in [0.2, 0.25) is 0 Å². The van der Waals surface area contributed by atoms with Crippen LogP contribution in [0.1, 0.15) is 31.7 Å². The molecular formula is C21H35FIN5O. The van der Waals surface area contributed by atoms with E-state index in [0.717, 1.165) is 50.4 Å². The lowest BCUT2D eigenvalue weighted by atomic mass is 10.2. The van der Waals surface area contributed by atoms with Crippen LogP contribution in [0.3, 0.4) is 0 Å². The van der Waals surface area contributed by atoms with Gasteiger partial charge < -0.3 is 15.1 Å². The number of hydrogen-bond donors (Lipinski definition) is 1. The molecule has 0 aromatic heterocycles. The summed E-state index contributed by atoms with van der Waals surface area (Å²) < 4.78 is 13.1. The normalized spacial score (nSPS) is 17.0. The summed E-state index contributed by atoms with van der Waals surface area (Å²) in [6.45, 7) is 6.07. The van der Waals surface area contributed by atoms with Crippen LogP contribution >= 0.6 is 24.0 Å². The fraction of sp³-hybridized carbons (Fsp3) is 0.619. The molecule has 1 N–H and O–H groups in total. The fourth-order valence-electron chi connectivity index (χ4n) is 3.54. The van der Waals surface area contributed by atoms with Gasteiger partial charge in [0, 0.05) is 47.3 Å². The lowest BCUT2D eigenvalue weighted by molar-refractivity contribution is -0.133. The Morgan fingerprint density at radius 3 is 2.59 bits per heavy atom. The van der Waals surface area contributed by atoms with Crippen molar-refractivity contribution in [2.75, 3.05) is 47.3 Å². The van der Waals surface area contributed by atoms with Gasteiger partial charge in [0.25, 0.3) is 0 Å². The average Bonchev–Trinajstić information content (AvgIpc) is 3.13. The third kappa shape index (κ3) is 8.08. The molecule has 1 fully saturated rings. The highest BCUT2D eigenvalue weighted by Gasteiger charge is 2.30. The summed E-state index contributed by atoms with van der Waals surface area (Å²) in [6, 6.07) is 6.58. The summed E-state index contributed by atoms with van der Waals surface area (Å²) >= 11 is 0. The summed E-state index contributed by atoms with van der Waals surface area (Å²) in [7, 11) is 5.63. The van der Waals surface area contributed by atoms with Crippen molar-refractivity contribution < 1.29 is 9.18 Å². The predicted octanol–water partition coefficient (Wildman–Crippen LogP) is 2.78. The van der Waals surface area contributed by atoms with Gasteiger partial charge in [-0.2, -0.15) is 0 Å². The van der Waals surface area contributed by atoms with Crippen molar-refractivity contribution in [1.29, 1.82) is 0 Å². The van der Waals surface area contributed by atoms with Gasteiger partial charge in [-0.05, 0) is 50.4 Å². The Hall–Kier alpha value is -1.42. The Bertz CT molecular complexity index is 653. The molecule has 1 heterocycles. The molecule has 1 aromatic carbocycles. The van der Waals surface area contributed by atoms with Crippen molar-refractivity contribution in [3.8, 4) is 0 Å². The molecule has 2 rings (SSSR count). The maximum Gasteiger partial charge on any atom is 0.239 e. The van der Waals surface area contributed by atoms with E-state index >= 15 is 0 Å². The molecule has 0 bridgehead atoms. The van der Waals surface area contributed by atoms with E-state index in [1.807, 2.05) is 33.0 Å². The van der Waals surface area contributed by atoms with Crippen molar-refractivity contribution >= 4 is 35.8 Å². The van der Waals surface area contributed by atoms with Crippen LogP contribution in [-0.2, 0) is 11.3 Å². The summed E-state index contributed by atoms with van der Waals surface area (Å²) in [4.78, 5) is 23.0. The van der Waals surface area contributed by atoms with Crippen molar-refractivity contribution in [2.24, 2.45) is 4.99 Å². The molecule has 0 spiro atoms. The summed E-state index contributed by atoms with van der Waals surface area (Å²) in [5.74, 6) is 0.822. The van der Waals surface area contributed by atoms with Gasteiger partial charge >= 0.3 is 0 Å². The van der Waals surface area contributed by atoms with Crippen molar-refractivity contribution in [3.63, 3.8) is 0 Å². The van der Waals surface area contributed by atoms with Crippen LogP contribution in [0.15, 0.2) is 29.3 Å². The Labute approximate surface area is 191 Å². The van der Waals surface area contributed by atoms with Crippen LogP contribution in [0.25, 0.3) is 0 Å². The van der Waals surface area contributed by atoms with Gasteiger partial charge in [0.15, 0.2) is 5.96 Å². The largest absolute Gasteiger partial charge is 0.357 e. The first-order valence-electron chi connectivity index (χ1n) is 10.1. The number of halogens is 2. The quantitative estimate of drug-likeness (QED) is 0.249. The standard InChI is InChI=1S/C21H34FN5O.HI/c1-5-23-21(26(4)16-17-9-11-18(22)12-10-17)24-13-7-15-27-14-6-8-19(27)20(28)25(2)3;/h9-12,19H,5-8,13-16H2,1-4H3,(H,23,24);1H. The van der Waals surface area contributed by atoms with Gasteiger partial charge in [-0.1, -0.05) is 12.1 Å². The molecule has 1 unspecified atom stereocenters. The molecule has 0 aliphatic carbocycles. The molecule has 1 aliphatic heterocycles. The number of benzene rings is 1. The van der Waals surface area contributed by atoms with E-state index in [1.54, 1.807) is 17.0 Å². The zero-order valence-corrected chi connectivity index (χ0v) is 20.4. The highest BCUT2D eigenvalue weighted by Crippen LogP contribution is 2.18. The minimum atomic E-state index is -0.222. The molecule has 0 radical (unpaired) electrons. The number of likely N-dealkylation sites (N-methyl/N-ethyl adjacent to an activating group) is 1. The number of nitrogens with zero attached hydrogens (tertiary/aromatic N) is 4. The van der Waals surface area contributed by atoms with Gasteiger partial charge in [0.1, 0.15) is 5.82 Å². The number of carbonyl (C=O) groups excluding carboxylic acids is 1. The topological polar surface area (TPSA) is 51.2 Å². The van der Waals surface area contributed by atoms with Crippen LogP contribution in [0, 0.1) is 5.82 Å². The molecule has 1 aliphatic rings. The molecule has 8 heteroatoms. The zero-order chi connectivity index (χ0) is 20.5. The summed E-state index contributed by atoms with van der Waals surface area (Å²) in [5, 5.41) is 3.31. The lowest BCUT2D eigenvalue weighted by Crippen LogP contribution is -2.43. The number of rotatable bonds is 8. The molecule has 6 nitrogen and oxygen atoms in total. The fourth-order valence-corrected chi connectivity index (χ4v) is 3.54. The van der Waals surface area contributed by atoms with E-state index in [-0.39, 0.29) is 41.7 Å². The van der Waals surface area contributed by atoms with Crippen LogP contribution in [-0.4, -0.2) is 79.9 Å². The summed E-state index contributed by atoms with van der Waals surface area (Å²) in [6.07, 6.45) is 2.94. The van der Waals surface area contributed by atoms with E-state index in [1.165, 1.54) is 12.1 Å². The van der Waals surface area contributed by atoms with Gasteiger partial charge in [-0.25, -0.2) is 4.39 Å². The zero-order valence-electron chi connectivity index (χ0n) is 18.0. The van der Waals surface area contributed by atoms with E-state index in [4.69, 9.17) is 4.99 Å². The highest BCUT2D eigenvalue weighted by molar-refractivity contribution is 14.0. The Balaban J connectivity index is 0.00000420. The molecule has 1 amide bonds. The second-order valence-corrected chi connectivity index (χ2v) is 7.50. The maximum absolute atomic E-state index is 13.1. The highest BCUT2D eigenvalue weighted by atomic mass is 127. The van der Waals surface area contributed by atoms with E-state index in [2.05, 4.69) is 10.2 Å². The SMILES string of the molecule is CCNC(=NCCCN1CCCC1C(=O)N(C)C)N(C)Cc1ccc(F)cc1.I. The minimum Gasteiger partial charge on any atom is -0.357 e. The number of guanidine groups is 1. The molecule has 1 aromatic rings. The van der Waals surface area contributed by atoms with Gasteiger partial charge in [-0.3, -0.25) is 14.7 Å². The van der Waals surface area contributed by atoms with Crippen molar-refractivity contribution in [3.05, 3.63) is 35.6 Å². The smallest absolute Gasteiger partial charge is 0.239 e. The molecular weight excluding hydrogens is 484 g/mol. The predicted molar refractivity (Wildman–Crippen MR) is 127 cm³/mol. The van der Waals surface area contributed by atoms with E-state index in [9.17, 15) is 9.18 Å². The number of aliphatic imine (C=N–C) groups is 1. The maximum atomic E-state index is 13.1. The molecule has 1 saturated heterocycles. The number of amides is 1. The molecule has 164 valence electrons. The van der Waals surface area contributed by atoms with Crippen LogP contribution < -0.4 is 5.32 Å². The molecule has 29 heavy (non-hydrogen) atoms. The first-order chi connectivity index (χ1) is 13.4. The number of likely N-dealkylation sites (tertiary alicyclic amines) is 1. The Morgan fingerprint density at radius 2 is 1.97 bits per heavy atom. The molecule has 1 atom stereocenters. The third-order valence-electron chi connectivity index (χ3n) is 4.98. The summed E-state index contributed by atoms with van der Waals surface area (Å²) in [5.41, 5.74) is 1.04. The van der Waals surface area contributed by atoms with Gasteiger partial charge in [-0.15, -0.1) is 24.0 Å². The van der Waals surface area contributed by atoms with Gasteiger partial charge in [0.05, 0.1) is 6.04 Å². The first-order valence-corrected chi connectivity index (χ1v) is 10.1. The van der Waals surface area contributed by atoms with Crippen molar-refractivity contribution in [2.45, 2.75) is 38.8 Å². The second-order valence-electron chi connectivity index (χ2n) is 7.50. The van der Waals surface area contributed by atoms with E-state index < -0.39 is 0 Å². The third-order valence-corrected chi connectivity index (χ3v) is 4.98. The number of nitrogens with one attached hydrogen (secondary N) is 1. The molecule has 0 saturated carbocycles. The first kappa shape index (κ1) is 25.6. The lowest BCUT2D eigenvalue weighted by Gasteiger charge is -2.26. The Morgan fingerprint density at radius 1 is 1.28 bits per heavy atom. The van der Waals surface area contributed by atoms with Crippen LogP contribution in [0.4, 0.5) is 4.39 Å². The number of hydrogen-bond acceptors (Lipinski definition) is 3. The van der Waals surface area contributed by atoms with E-state index in [0.29, 0.717) is 13.1 Å². The average molecular weight is 519 g/mol. The monoisotopic (exact) mass is 519 g/mol. The number of carbonyl (C=O) groups is 1. The van der Waals surface area contributed by atoms with Crippen LogP contribution in [0.5, 0.6) is 0 Å². The Kier molecular flexibility index (Phi) is 11.5.